The molecular weight excluding hydrogens is 178 g/mol. The Labute approximate surface area is 85.1 Å². The van der Waals surface area contributed by atoms with Gasteiger partial charge in [-0.25, -0.2) is 0 Å². The molecule has 4 nitrogen and oxygen atoms in total. The molecule has 0 radical (unpaired) electrons. The van der Waals surface area contributed by atoms with E-state index in [1.165, 1.54) is 5.06 Å². The van der Waals surface area contributed by atoms with Gasteiger partial charge in [0, 0.05) is 24.3 Å². The normalized spacial score (nSPS) is 11.7. The first-order valence-electron chi connectivity index (χ1n) is 4.88. The molecule has 1 N–H and O–H groups in total. The van der Waals surface area contributed by atoms with Gasteiger partial charge in [0.25, 0.3) is 0 Å². The summed E-state index contributed by atoms with van der Waals surface area (Å²) in [5.74, 6) is 0. The van der Waals surface area contributed by atoms with Crippen LogP contribution in [-0.4, -0.2) is 27.1 Å². The highest BCUT2D eigenvalue weighted by Crippen LogP contribution is 2.17. The lowest BCUT2D eigenvalue weighted by Crippen LogP contribution is -2.13. The molecule has 1 rings (SSSR count). The highest BCUT2D eigenvalue weighted by molar-refractivity contribution is 5.24. The number of hydrogen-bond acceptors (Lipinski definition) is 3. The summed E-state index contributed by atoms with van der Waals surface area (Å²) in [5, 5.41) is 14.8. The van der Waals surface area contributed by atoms with E-state index in [9.17, 15) is 5.21 Å². The lowest BCUT2D eigenvalue weighted by Gasteiger charge is -2.10. The van der Waals surface area contributed by atoms with Crippen molar-refractivity contribution < 1.29 is 5.21 Å². The Morgan fingerprint density at radius 3 is 2.36 bits per heavy atom. The molecule has 0 spiro atoms. The summed E-state index contributed by atoms with van der Waals surface area (Å²) in [4.78, 5) is 0. The summed E-state index contributed by atoms with van der Waals surface area (Å²) < 4.78 is 1.99. The maximum Gasteiger partial charge on any atom is 0.0642 e. The van der Waals surface area contributed by atoms with Crippen LogP contribution in [0.25, 0.3) is 0 Å². The molecule has 0 amide bonds. The van der Waals surface area contributed by atoms with Crippen molar-refractivity contribution in [2.24, 2.45) is 0 Å². The molecule has 0 bridgehead atoms. The predicted octanol–water partition coefficient (Wildman–Crippen LogP) is 1.90. The smallest absolute Gasteiger partial charge is 0.0642 e. The van der Waals surface area contributed by atoms with E-state index in [0.29, 0.717) is 12.6 Å². The van der Waals surface area contributed by atoms with Crippen molar-refractivity contribution in [1.82, 2.24) is 14.8 Å². The Bertz CT molecular complexity index is 315. The Morgan fingerprint density at radius 1 is 1.43 bits per heavy atom. The van der Waals surface area contributed by atoms with Crippen LogP contribution in [0.1, 0.15) is 36.8 Å². The maximum atomic E-state index is 9.20. The molecule has 4 heteroatoms. The molecule has 0 saturated heterocycles. The van der Waals surface area contributed by atoms with Crippen LogP contribution in [0.4, 0.5) is 0 Å². The molecule has 1 aromatic heterocycles. The van der Waals surface area contributed by atoms with Gasteiger partial charge in [-0.1, -0.05) is 0 Å². The van der Waals surface area contributed by atoms with Gasteiger partial charge in [-0.15, -0.1) is 0 Å². The van der Waals surface area contributed by atoms with Crippen LogP contribution in [0.3, 0.4) is 0 Å². The zero-order chi connectivity index (χ0) is 10.9. The van der Waals surface area contributed by atoms with Crippen LogP contribution in [0.2, 0.25) is 0 Å². The first-order chi connectivity index (χ1) is 6.43. The van der Waals surface area contributed by atoms with Crippen molar-refractivity contribution in [3.8, 4) is 0 Å². The van der Waals surface area contributed by atoms with Gasteiger partial charge in [0.1, 0.15) is 0 Å². The van der Waals surface area contributed by atoms with Crippen LogP contribution >= 0.6 is 0 Å². The number of aryl methyl sites for hydroxylation is 1. The second kappa shape index (κ2) is 4.11. The number of hydrogen-bond donors (Lipinski definition) is 1. The zero-order valence-corrected chi connectivity index (χ0v) is 9.57. The highest BCUT2D eigenvalue weighted by atomic mass is 16.5. The van der Waals surface area contributed by atoms with E-state index in [4.69, 9.17) is 0 Å². The molecule has 0 aliphatic heterocycles. The van der Waals surface area contributed by atoms with Crippen LogP contribution in [0, 0.1) is 13.8 Å². The summed E-state index contributed by atoms with van der Waals surface area (Å²) in [6, 6.07) is 0.367. The van der Waals surface area contributed by atoms with Crippen LogP contribution < -0.4 is 0 Å². The molecule has 14 heavy (non-hydrogen) atoms. The standard InChI is InChI=1S/C10H19N3O/c1-7(2)13-9(4)10(6-12(5)14)8(3)11-13/h7,14H,6H2,1-5H3. The van der Waals surface area contributed by atoms with Gasteiger partial charge in [0.2, 0.25) is 0 Å². The largest absolute Gasteiger partial charge is 0.314 e. The van der Waals surface area contributed by atoms with Gasteiger partial charge < -0.3 is 5.21 Å². The third kappa shape index (κ3) is 2.13. The predicted molar refractivity (Wildman–Crippen MR) is 55.3 cm³/mol. The minimum atomic E-state index is 0.367. The van der Waals surface area contributed by atoms with Gasteiger partial charge >= 0.3 is 0 Å². The quantitative estimate of drug-likeness (QED) is 0.752. The molecule has 1 aromatic rings. The van der Waals surface area contributed by atoms with Crippen LogP contribution in [-0.2, 0) is 6.54 Å². The second-order valence-electron chi connectivity index (χ2n) is 4.00. The Balaban J connectivity index is 3.05. The second-order valence-corrected chi connectivity index (χ2v) is 4.00. The van der Waals surface area contributed by atoms with Crippen molar-refractivity contribution >= 4 is 0 Å². The fraction of sp³-hybridized carbons (Fsp3) is 0.700. The average Bonchev–Trinajstić information content (AvgIpc) is 2.31. The number of aromatic nitrogens is 2. The highest BCUT2D eigenvalue weighted by Gasteiger charge is 2.13. The zero-order valence-electron chi connectivity index (χ0n) is 9.57. The van der Waals surface area contributed by atoms with Crippen LogP contribution in [0.15, 0.2) is 0 Å². The number of hydroxylamine groups is 2. The van der Waals surface area contributed by atoms with Crippen molar-refractivity contribution in [2.45, 2.75) is 40.3 Å². The molecule has 0 aliphatic carbocycles. The molecule has 0 fully saturated rings. The molecule has 0 saturated carbocycles. The third-order valence-corrected chi connectivity index (χ3v) is 2.35. The Morgan fingerprint density at radius 2 is 2.00 bits per heavy atom. The van der Waals surface area contributed by atoms with Gasteiger partial charge in [-0.3, -0.25) is 4.68 Å². The monoisotopic (exact) mass is 197 g/mol. The van der Waals surface area contributed by atoms with E-state index in [0.717, 1.165) is 17.0 Å². The topological polar surface area (TPSA) is 41.3 Å². The minimum absolute atomic E-state index is 0.367. The molecule has 80 valence electrons. The first kappa shape index (κ1) is 11.2. The van der Waals surface area contributed by atoms with Gasteiger partial charge in [-0.05, 0) is 27.7 Å². The molecule has 0 aliphatic rings. The van der Waals surface area contributed by atoms with Gasteiger partial charge in [0.15, 0.2) is 0 Å². The molecule has 1 heterocycles. The summed E-state index contributed by atoms with van der Waals surface area (Å²) in [6.07, 6.45) is 0. The third-order valence-electron chi connectivity index (χ3n) is 2.35. The van der Waals surface area contributed by atoms with E-state index in [1.807, 2.05) is 18.5 Å². The summed E-state index contributed by atoms with van der Waals surface area (Å²) in [7, 11) is 1.64. The van der Waals surface area contributed by atoms with E-state index in [-0.39, 0.29) is 0 Å². The van der Waals surface area contributed by atoms with E-state index < -0.39 is 0 Å². The Hall–Kier alpha value is -0.870. The van der Waals surface area contributed by atoms with Gasteiger partial charge in [-0.2, -0.15) is 10.2 Å². The SMILES string of the molecule is Cc1nn(C(C)C)c(C)c1CN(C)O. The Kier molecular flexibility index (Phi) is 3.29. The van der Waals surface area contributed by atoms with Crippen molar-refractivity contribution in [1.29, 1.82) is 0 Å². The summed E-state index contributed by atoms with van der Waals surface area (Å²) in [6.45, 7) is 8.76. The fourth-order valence-electron chi connectivity index (χ4n) is 1.66. The number of nitrogens with zero attached hydrogens (tertiary/aromatic N) is 3. The fourth-order valence-corrected chi connectivity index (χ4v) is 1.66. The summed E-state index contributed by atoms with van der Waals surface area (Å²) >= 11 is 0. The van der Waals surface area contributed by atoms with Crippen molar-refractivity contribution in [3.05, 3.63) is 17.0 Å². The lowest BCUT2D eigenvalue weighted by molar-refractivity contribution is -0.0734. The van der Waals surface area contributed by atoms with Crippen molar-refractivity contribution in [3.63, 3.8) is 0 Å². The van der Waals surface area contributed by atoms with Crippen molar-refractivity contribution in [2.75, 3.05) is 7.05 Å². The molecular formula is C10H19N3O. The molecule has 0 aromatic carbocycles. The van der Waals surface area contributed by atoms with Crippen LogP contribution in [0.5, 0.6) is 0 Å². The van der Waals surface area contributed by atoms with E-state index >= 15 is 0 Å². The summed E-state index contributed by atoms with van der Waals surface area (Å²) in [5.41, 5.74) is 3.25. The van der Waals surface area contributed by atoms with Gasteiger partial charge in [0.05, 0.1) is 12.2 Å². The first-order valence-corrected chi connectivity index (χ1v) is 4.88. The number of rotatable bonds is 3. The maximum absolute atomic E-state index is 9.20. The lowest BCUT2D eigenvalue weighted by atomic mass is 10.2. The molecule has 0 atom stereocenters. The minimum Gasteiger partial charge on any atom is -0.314 e. The molecule has 0 unspecified atom stereocenters. The van der Waals surface area contributed by atoms with E-state index in [2.05, 4.69) is 18.9 Å². The van der Waals surface area contributed by atoms with E-state index in [1.54, 1.807) is 7.05 Å². The average molecular weight is 197 g/mol.